The van der Waals surface area contributed by atoms with Crippen molar-refractivity contribution in [1.82, 2.24) is 15.2 Å². The molecular weight excluding hydrogens is 258 g/mol. The maximum atomic E-state index is 4.58. The van der Waals surface area contributed by atoms with Crippen LogP contribution in [0.1, 0.15) is 31.7 Å². The van der Waals surface area contributed by atoms with E-state index in [1.807, 2.05) is 30.3 Å². The molecule has 3 rings (SSSR count). The third kappa shape index (κ3) is 2.87. The van der Waals surface area contributed by atoms with Crippen LogP contribution in [0.25, 0.3) is 22.8 Å². The summed E-state index contributed by atoms with van der Waals surface area (Å²) >= 11 is 0. The predicted octanol–water partition coefficient (Wildman–Crippen LogP) is 4.65. The number of rotatable bonds is 4. The number of aromatic amines is 1. The SMILES string of the molecule is CCC(C)c1ccc(-c2nc(-c3ccccc3)n[nH]2)cc1. The van der Waals surface area contributed by atoms with Crippen molar-refractivity contribution in [3.05, 3.63) is 60.2 Å². The minimum atomic E-state index is 0.591. The molecule has 3 aromatic rings. The topological polar surface area (TPSA) is 41.6 Å². The summed E-state index contributed by atoms with van der Waals surface area (Å²) in [6.45, 7) is 4.46. The van der Waals surface area contributed by atoms with Crippen LogP contribution in [0.5, 0.6) is 0 Å². The van der Waals surface area contributed by atoms with Gasteiger partial charge in [0.05, 0.1) is 0 Å². The fraction of sp³-hybridized carbons (Fsp3) is 0.222. The van der Waals surface area contributed by atoms with Gasteiger partial charge in [-0.3, -0.25) is 5.10 Å². The van der Waals surface area contributed by atoms with E-state index in [9.17, 15) is 0 Å². The molecule has 0 aliphatic carbocycles. The van der Waals surface area contributed by atoms with E-state index in [1.165, 1.54) is 5.56 Å². The van der Waals surface area contributed by atoms with Crippen LogP contribution in [-0.2, 0) is 0 Å². The minimum absolute atomic E-state index is 0.591. The Morgan fingerprint density at radius 1 is 0.952 bits per heavy atom. The first-order valence-electron chi connectivity index (χ1n) is 7.36. The molecule has 0 spiro atoms. The van der Waals surface area contributed by atoms with E-state index in [-0.39, 0.29) is 0 Å². The zero-order valence-corrected chi connectivity index (χ0v) is 12.4. The Labute approximate surface area is 125 Å². The number of hydrogen-bond acceptors (Lipinski definition) is 2. The van der Waals surface area contributed by atoms with Crippen LogP contribution in [-0.4, -0.2) is 15.2 Å². The molecule has 0 bridgehead atoms. The lowest BCUT2D eigenvalue weighted by atomic mass is 9.97. The van der Waals surface area contributed by atoms with Gasteiger partial charge in [0, 0.05) is 11.1 Å². The van der Waals surface area contributed by atoms with Crippen LogP contribution in [0.3, 0.4) is 0 Å². The Morgan fingerprint density at radius 3 is 2.33 bits per heavy atom. The quantitative estimate of drug-likeness (QED) is 0.754. The van der Waals surface area contributed by atoms with E-state index in [1.54, 1.807) is 0 Å². The average Bonchev–Trinajstić information content (AvgIpc) is 3.05. The zero-order valence-electron chi connectivity index (χ0n) is 12.4. The van der Waals surface area contributed by atoms with Crippen molar-refractivity contribution in [3.8, 4) is 22.8 Å². The summed E-state index contributed by atoms with van der Waals surface area (Å²) in [7, 11) is 0. The summed E-state index contributed by atoms with van der Waals surface area (Å²) in [5, 5.41) is 7.32. The molecule has 1 heterocycles. The fourth-order valence-electron chi connectivity index (χ4n) is 2.31. The summed E-state index contributed by atoms with van der Waals surface area (Å²) in [4.78, 5) is 4.58. The number of H-pyrrole nitrogens is 1. The summed E-state index contributed by atoms with van der Waals surface area (Å²) < 4.78 is 0. The van der Waals surface area contributed by atoms with E-state index in [0.717, 1.165) is 29.2 Å². The van der Waals surface area contributed by atoms with Gasteiger partial charge in [0.2, 0.25) is 0 Å². The van der Waals surface area contributed by atoms with Crippen molar-refractivity contribution < 1.29 is 0 Å². The highest BCUT2D eigenvalue weighted by molar-refractivity contribution is 5.61. The molecule has 3 heteroatoms. The van der Waals surface area contributed by atoms with Gasteiger partial charge >= 0.3 is 0 Å². The highest BCUT2D eigenvalue weighted by Gasteiger charge is 2.08. The second-order valence-electron chi connectivity index (χ2n) is 5.30. The predicted molar refractivity (Wildman–Crippen MR) is 86.0 cm³/mol. The summed E-state index contributed by atoms with van der Waals surface area (Å²) in [5.41, 5.74) is 3.46. The van der Waals surface area contributed by atoms with Gasteiger partial charge in [0.15, 0.2) is 11.6 Å². The Kier molecular flexibility index (Phi) is 3.82. The van der Waals surface area contributed by atoms with E-state index in [0.29, 0.717) is 5.92 Å². The van der Waals surface area contributed by atoms with Gasteiger partial charge in [0.25, 0.3) is 0 Å². The van der Waals surface area contributed by atoms with Crippen LogP contribution in [0.15, 0.2) is 54.6 Å². The number of nitrogens with one attached hydrogen (secondary N) is 1. The number of hydrogen-bond donors (Lipinski definition) is 1. The largest absolute Gasteiger partial charge is 0.259 e. The Hall–Kier alpha value is -2.42. The number of nitrogens with zero attached hydrogens (tertiary/aromatic N) is 2. The average molecular weight is 277 g/mol. The van der Waals surface area contributed by atoms with Crippen molar-refractivity contribution in [3.63, 3.8) is 0 Å². The van der Waals surface area contributed by atoms with Gasteiger partial charge in [-0.15, -0.1) is 0 Å². The molecular formula is C18H19N3. The van der Waals surface area contributed by atoms with Gasteiger partial charge < -0.3 is 0 Å². The molecule has 3 nitrogen and oxygen atoms in total. The highest BCUT2D eigenvalue weighted by Crippen LogP contribution is 2.23. The Morgan fingerprint density at radius 2 is 1.67 bits per heavy atom. The Bertz CT molecular complexity index is 699. The lowest BCUT2D eigenvalue weighted by molar-refractivity contribution is 0.734. The third-order valence-electron chi connectivity index (χ3n) is 3.88. The first kappa shape index (κ1) is 13.6. The fourth-order valence-corrected chi connectivity index (χ4v) is 2.31. The van der Waals surface area contributed by atoms with E-state index in [2.05, 4.69) is 53.3 Å². The van der Waals surface area contributed by atoms with Gasteiger partial charge in [-0.1, -0.05) is 68.4 Å². The molecule has 0 aliphatic heterocycles. The maximum Gasteiger partial charge on any atom is 0.181 e. The van der Waals surface area contributed by atoms with Crippen molar-refractivity contribution >= 4 is 0 Å². The summed E-state index contributed by atoms with van der Waals surface area (Å²) in [6, 6.07) is 18.6. The van der Waals surface area contributed by atoms with Crippen molar-refractivity contribution in [2.45, 2.75) is 26.2 Å². The standard InChI is InChI=1S/C18H19N3/c1-3-13(2)14-9-11-16(12-10-14)18-19-17(20-21-18)15-7-5-4-6-8-15/h4-13H,3H2,1-2H3,(H,19,20,21). The van der Waals surface area contributed by atoms with Crippen LogP contribution >= 0.6 is 0 Å². The van der Waals surface area contributed by atoms with Crippen molar-refractivity contribution in [1.29, 1.82) is 0 Å². The van der Waals surface area contributed by atoms with Gasteiger partial charge in [-0.2, -0.15) is 5.10 Å². The number of benzene rings is 2. The first-order chi connectivity index (χ1) is 10.3. The molecule has 1 N–H and O–H groups in total. The van der Waals surface area contributed by atoms with E-state index in [4.69, 9.17) is 0 Å². The van der Waals surface area contributed by atoms with Crippen LogP contribution in [0.4, 0.5) is 0 Å². The lowest BCUT2D eigenvalue weighted by Gasteiger charge is -2.08. The van der Waals surface area contributed by atoms with Crippen LogP contribution in [0, 0.1) is 0 Å². The maximum absolute atomic E-state index is 4.58. The van der Waals surface area contributed by atoms with Gasteiger partial charge in [-0.05, 0) is 17.9 Å². The van der Waals surface area contributed by atoms with E-state index >= 15 is 0 Å². The summed E-state index contributed by atoms with van der Waals surface area (Å²) in [5.74, 6) is 2.13. The smallest absolute Gasteiger partial charge is 0.181 e. The molecule has 0 fully saturated rings. The van der Waals surface area contributed by atoms with Gasteiger partial charge in [-0.25, -0.2) is 4.98 Å². The first-order valence-corrected chi connectivity index (χ1v) is 7.36. The third-order valence-corrected chi connectivity index (χ3v) is 3.88. The molecule has 0 amide bonds. The molecule has 0 saturated carbocycles. The molecule has 0 saturated heterocycles. The molecule has 1 unspecified atom stereocenters. The molecule has 21 heavy (non-hydrogen) atoms. The molecule has 1 aromatic heterocycles. The minimum Gasteiger partial charge on any atom is -0.259 e. The lowest BCUT2D eigenvalue weighted by Crippen LogP contribution is -1.91. The zero-order chi connectivity index (χ0) is 14.7. The highest BCUT2D eigenvalue weighted by atomic mass is 15.2. The molecule has 2 aromatic carbocycles. The molecule has 0 aliphatic rings. The van der Waals surface area contributed by atoms with Crippen molar-refractivity contribution in [2.75, 3.05) is 0 Å². The number of aromatic nitrogens is 3. The molecule has 0 radical (unpaired) electrons. The summed E-state index contributed by atoms with van der Waals surface area (Å²) in [6.07, 6.45) is 1.15. The van der Waals surface area contributed by atoms with Crippen LogP contribution in [0.2, 0.25) is 0 Å². The Balaban J connectivity index is 1.86. The van der Waals surface area contributed by atoms with Gasteiger partial charge in [0.1, 0.15) is 0 Å². The molecule has 106 valence electrons. The second-order valence-corrected chi connectivity index (χ2v) is 5.30. The molecule has 1 atom stereocenters. The van der Waals surface area contributed by atoms with E-state index < -0.39 is 0 Å². The monoisotopic (exact) mass is 277 g/mol. The van der Waals surface area contributed by atoms with Crippen molar-refractivity contribution in [2.24, 2.45) is 0 Å². The van der Waals surface area contributed by atoms with Crippen LogP contribution < -0.4 is 0 Å². The normalized spacial score (nSPS) is 12.3. The second kappa shape index (κ2) is 5.92.